The van der Waals surface area contributed by atoms with Crippen LogP contribution in [0.3, 0.4) is 0 Å². The summed E-state index contributed by atoms with van der Waals surface area (Å²) in [4.78, 5) is 14.9. The SMILES string of the molecule is Cl.Nc1ccc(-c2ccc3nc(CC(=O)O)cn3n2)cc1. The van der Waals surface area contributed by atoms with Crippen molar-refractivity contribution in [1.29, 1.82) is 0 Å². The summed E-state index contributed by atoms with van der Waals surface area (Å²) >= 11 is 0. The van der Waals surface area contributed by atoms with Gasteiger partial charge in [-0.25, -0.2) is 9.50 Å². The van der Waals surface area contributed by atoms with Crippen LogP contribution in [0.4, 0.5) is 5.69 Å². The smallest absolute Gasteiger partial charge is 0.309 e. The predicted molar refractivity (Wildman–Crippen MR) is 81.4 cm³/mol. The number of aromatic nitrogens is 3. The average molecular weight is 305 g/mol. The Morgan fingerprint density at radius 1 is 1.19 bits per heavy atom. The fraction of sp³-hybridized carbons (Fsp3) is 0.0714. The van der Waals surface area contributed by atoms with Crippen molar-refractivity contribution in [3.05, 3.63) is 48.3 Å². The fourth-order valence-corrected chi connectivity index (χ4v) is 1.98. The minimum absolute atomic E-state index is 0. The maximum atomic E-state index is 10.7. The van der Waals surface area contributed by atoms with Crippen molar-refractivity contribution in [2.75, 3.05) is 5.73 Å². The summed E-state index contributed by atoms with van der Waals surface area (Å²) in [6.07, 6.45) is 1.52. The zero-order chi connectivity index (χ0) is 14.1. The number of hydrogen-bond donors (Lipinski definition) is 2. The molecule has 3 N–H and O–H groups in total. The van der Waals surface area contributed by atoms with E-state index in [1.807, 2.05) is 36.4 Å². The third-order valence-corrected chi connectivity index (χ3v) is 2.91. The van der Waals surface area contributed by atoms with Crippen molar-refractivity contribution in [2.24, 2.45) is 0 Å². The van der Waals surface area contributed by atoms with E-state index in [-0.39, 0.29) is 18.8 Å². The number of carbonyl (C=O) groups is 1. The number of fused-ring (bicyclic) bond motifs is 1. The van der Waals surface area contributed by atoms with Crippen LogP contribution in [0.5, 0.6) is 0 Å². The molecule has 0 amide bonds. The second-order valence-electron chi connectivity index (χ2n) is 4.45. The highest BCUT2D eigenvalue weighted by atomic mass is 35.5. The normalized spacial score (nSPS) is 10.3. The number of nitrogen functional groups attached to an aromatic ring is 1. The molecule has 21 heavy (non-hydrogen) atoms. The van der Waals surface area contributed by atoms with Gasteiger partial charge in [-0.15, -0.1) is 12.4 Å². The Morgan fingerprint density at radius 2 is 1.90 bits per heavy atom. The van der Waals surface area contributed by atoms with Crippen molar-refractivity contribution in [1.82, 2.24) is 14.6 Å². The molecule has 3 rings (SSSR count). The van der Waals surface area contributed by atoms with Crippen molar-refractivity contribution in [2.45, 2.75) is 6.42 Å². The molecule has 7 heteroatoms. The summed E-state index contributed by atoms with van der Waals surface area (Å²) in [5, 5.41) is 13.2. The molecule has 0 saturated heterocycles. The molecule has 3 aromatic rings. The van der Waals surface area contributed by atoms with Crippen molar-refractivity contribution in [3.63, 3.8) is 0 Å². The quantitative estimate of drug-likeness (QED) is 0.722. The maximum Gasteiger partial charge on any atom is 0.309 e. The maximum absolute atomic E-state index is 10.7. The van der Waals surface area contributed by atoms with Crippen molar-refractivity contribution >= 4 is 29.7 Å². The number of hydrogen-bond acceptors (Lipinski definition) is 4. The average Bonchev–Trinajstić information content (AvgIpc) is 2.79. The number of nitrogens with zero attached hydrogens (tertiary/aromatic N) is 3. The molecular formula is C14H13ClN4O2. The number of rotatable bonds is 3. The molecule has 2 aromatic heterocycles. The molecular weight excluding hydrogens is 292 g/mol. The van der Waals surface area contributed by atoms with Gasteiger partial charge in [-0.2, -0.15) is 5.10 Å². The molecule has 0 saturated carbocycles. The first-order valence-electron chi connectivity index (χ1n) is 6.05. The van der Waals surface area contributed by atoms with Crippen LogP contribution in [-0.2, 0) is 11.2 Å². The van der Waals surface area contributed by atoms with Crippen LogP contribution in [0.1, 0.15) is 5.69 Å². The van der Waals surface area contributed by atoms with Gasteiger partial charge in [0.2, 0.25) is 0 Å². The molecule has 1 aromatic carbocycles. The van der Waals surface area contributed by atoms with Gasteiger partial charge in [-0.05, 0) is 24.3 Å². The topological polar surface area (TPSA) is 93.5 Å². The third-order valence-electron chi connectivity index (χ3n) is 2.91. The Hall–Kier alpha value is -2.60. The standard InChI is InChI=1S/C14H12N4O2.ClH/c15-10-3-1-9(2-4-10)12-5-6-13-16-11(7-14(19)20)8-18(13)17-12;/h1-6,8H,7,15H2,(H,19,20);1H. The zero-order valence-corrected chi connectivity index (χ0v) is 11.7. The van der Waals surface area contributed by atoms with E-state index in [0.29, 0.717) is 17.0 Å². The molecule has 0 unspecified atom stereocenters. The lowest BCUT2D eigenvalue weighted by Gasteiger charge is -2.01. The molecule has 0 aliphatic heterocycles. The molecule has 0 bridgehead atoms. The van der Waals surface area contributed by atoms with Crippen LogP contribution in [0, 0.1) is 0 Å². The summed E-state index contributed by atoms with van der Waals surface area (Å²) in [6.45, 7) is 0. The number of halogens is 1. The molecule has 6 nitrogen and oxygen atoms in total. The second kappa shape index (κ2) is 5.80. The first kappa shape index (κ1) is 14.8. The monoisotopic (exact) mass is 304 g/mol. The molecule has 0 spiro atoms. The van der Waals surface area contributed by atoms with Crippen LogP contribution in [0.2, 0.25) is 0 Å². The Balaban J connectivity index is 0.00000161. The number of carboxylic acids is 1. The summed E-state index contributed by atoms with van der Waals surface area (Å²) < 4.78 is 1.59. The van der Waals surface area contributed by atoms with Crippen LogP contribution < -0.4 is 5.73 Å². The Kier molecular flexibility index (Phi) is 4.09. The van der Waals surface area contributed by atoms with Gasteiger partial charge >= 0.3 is 5.97 Å². The van der Waals surface area contributed by atoms with E-state index in [1.165, 1.54) is 0 Å². The van der Waals surface area contributed by atoms with Gasteiger partial charge < -0.3 is 10.8 Å². The van der Waals surface area contributed by atoms with Crippen LogP contribution in [0.15, 0.2) is 42.6 Å². The van der Waals surface area contributed by atoms with Gasteiger partial charge in [0.15, 0.2) is 5.65 Å². The van der Waals surface area contributed by atoms with E-state index in [1.54, 1.807) is 10.7 Å². The summed E-state index contributed by atoms with van der Waals surface area (Å²) in [7, 11) is 0. The number of aliphatic carboxylic acids is 1. The van der Waals surface area contributed by atoms with E-state index >= 15 is 0 Å². The Labute approximate surface area is 126 Å². The predicted octanol–water partition coefficient (Wildman–Crippen LogP) is 2.03. The highest BCUT2D eigenvalue weighted by Gasteiger charge is 2.08. The molecule has 0 radical (unpaired) electrons. The van der Waals surface area contributed by atoms with Gasteiger partial charge in [-0.1, -0.05) is 12.1 Å². The van der Waals surface area contributed by atoms with Crippen LogP contribution in [-0.4, -0.2) is 25.7 Å². The first-order chi connectivity index (χ1) is 9.61. The lowest BCUT2D eigenvalue weighted by Crippen LogP contribution is -1.99. The molecule has 0 aliphatic rings. The molecule has 108 valence electrons. The van der Waals surface area contributed by atoms with Gasteiger partial charge in [0.05, 0.1) is 24.0 Å². The number of benzene rings is 1. The zero-order valence-electron chi connectivity index (χ0n) is 10.9. The van der Waals surface area contributed by atoms with Crippen LogP contribution >= 0.6 is 12.4 Å². The van der Waals surface area contributed by atoms with E-state index in [0.717, 1.165) is 11.3 Å². The number of anilines is 1. The van der Waals surface area contributed by atoms with E-state index < -0.39 is 5.97 Å². The summed E-state index contributed by atoms with van der Waals surface area (Å²) in [5.41, 5.74) is 9.17. The molecule has 2 heterocycles. The van der Waals surface area contributed by atoms with Crippen molar-refractivity contribution in [3.8, 4) is 11.3 Å². The van der Waals surface area contributed by atoms with Gasteiger partial charge in [-0.3, -0.25) is 4.79 Å². The Bertz CT molecular complexity index is 783. The van der Waals surface area contributed by atoms with E-state index in [2.05, 4.69) is 10.1 Å². The second-order valence-corrected chi connectivity index (χ2v) is 4.45. The van der Waals surface area contributed by atoms with E-state index in [9.17, 15) is 4.79 Å². The first-order valence-corrected chi connectivity index (χ1v) is 6.05. The van der Waals surface area contributed by atoms with Gasteiger partial charge in [0.25, 0.3) is 0 Å². The third kappa shape index (κ3) is 3.11. The van der Waals surface area contributed by atoms with Gasteiger partial charge in [0.1, 0.15) is 0 Å². The molecule has 0 fully saturated rings. The van der Waals surface area contributed by atoms with Gasteiger partial charge in [0, 0.05) is 11.3 Å². The molecule has 0 aliphatic carbocycles. The highest BCUT2D eigenvalue weighted by Crippen LogP contribution is 2.18. The largest absolute Gasteiger partial charge is 0.481 e. The minimum Gasteiger partial charge on any atom is -0.481 e. The lowest BCUT2D eigenvalue weighted by atomic mass is 10.1. The highest BCUT2D eigenvalue weighted by molar-refractivity contribution is 5.85. The molecule has 0 atom stereocenters. The summed E-state index contributed by atoms with van der Waals surface area (Å²) in [5.74, 6) is -0.910. The Morgan fingerprint density at radius 3 is 2.57 bits per heavy atom. The number of imidazole rings is 1. The number of carboxylic acid groups (broad SMARTS) is 1. The minimum atomic E-state index is -0.910. The number of nitrogens with two attached hydrogens (primary N) is 1. The lowest BCUT2D eigenvalue weighted by molar-refractivity contribution is -0.136. The van der Waals surface area contributed by atoms with E-state index in [4.69, 9.17) is 10.8 Å². The van der Waals surface area contributed by atoms with Crippen molar-refractivity contribution < 1.29 is 9.90 Å². The fourth-order valence-electron chi connectivity index (χ4n) is 1.98. The summed E-state index contributed by atoms with van der Waals surface area (Å²) in [6, 6.07) is 11.1. The van der Waals surface area contributed by atoms with Crippen LogP contribution in [0.25, 0.3) is 16.9 Å².